The lowest BCUT2D eigenvalue weighted by Crippen LogP contribution is -2.45. The molecule has 27 heavy (non-hydrogen) atoms. The van der Waals surface area contributed by atoms with Gasteiger partial charge in [-0.05, 0) is 30.5 Å². The van der Waals surface area contributed by atoms with Gasteiger partial charge in [-0.15, -0.1) is 0 Å². The molecule has 1 amide bonds. The SMILES string of the molecule is CN(C)C(=O)CNC(=NCc1ccc(S(N)(=O)=O)cc1)NCC1CCCO1. The van der Waals surface area contributed by atoms with E-state index in [1.165, 1.54) is 17.0 Å². The molecule has 4 N–H and O–H groups in total. The Morgan fingerprint density at radius 2 is 2.00 bits per heavy atom. The average molecular weight is 398 g/mol. The molecule has 0 spiro atoms. The third kappa shape index (κ3) is 7.16. The lowest BCUT2D eigenvalue weighted by Gasteiger charge is -2.17. The average Bonchev–Trinajstić information content (AvgIpc) is 3.13. The zero-order chi connectivity index (χ0) is 19.9. The second-order valence-corrected chi connectivity index (χ2v) is 8.07. The molecule has 0 aliphatic carbocycles. The van der Waals surface area contributed by atoms with Crippen LogP contribution in [0.2, 0.25) is 0 Å². The van der Waals surface area contributed by atoms with E-state index in [0.29, 0.717) is 19.0 Å². The zero-order valence-electron chi connectivity index (χ0n) is 15.6. The molecule has 1 aliphatic rings. The Kier molecular flexibility index (Phi) is 7.57. The van der Waals surface area contributed by atoms with Crippen LogP contribution in [0.5, 0.6) is 0 Å². The van der Waals surface area contributed by atoms with Crippen LogP contribution in [-0.2, 0) is 26.1 Å². The number of sulfonamides is 1. The maximum absolute atomic E-state index is 11.8. The normalized spacial score (nSPS) is 17.6. The summed E-state index contributed by atoms with van der Waals surface area (Å²) < 4.78 is 28.2. The number of rotatable bonds is 7. The van der Waals surface area contributed by atoms with Gasteiger partial charge in [-0.2, -0.15) is 0 Å². The Bertz CT molecular complexity index is 756. The Morgan fingerprint density at radius 1 is 1.30 bits per heavy atom. The summed E-state index contributed by atoms with van der Waals surface area (Å²) in [4.78, 5) is 17.8. The van der Waals surface area contributed by atoms with E-state index >= 15 is 0 Å². The van der Waals surface area contributed by atoms with E-state index in [2.05, 4.69) is 15.6 Å². The summed E-state index contributed by atoms with van der Waals surface area (Å²) in [5, 5.41) is 11.3. The summed E-state index contributed by atoms with van der Waals surface area (Å²) in [6, 6.07) is 6.21. The molecule has 1 fully saturated rings. The van der Waals surface area contributed by atoms with Gasteiger partial charge in [-0.25, -0.2) is 18.5 Å². The van der Waals surface area contributed by atoms with E-state index in [0.717, 1.165) is 25.0 Å². The number of aliphatic imine (C=N–C) groups is 1. The van der Waals surface area contributed by atoms with Crippen molar-refractivity contribution in [2.24, 2.45) is 10.1 Å². The Balaban J connectivity index is 1.99. The molecule has 0 radical (unpaired) electrons. The van der Waals surface area contributed by atoms with Gasteiger partial charge >= 0.3 is 0 Å². The van der Waals surface area contributed by atoms with Crippen molar-refractivity contribution < 1.29 is 17.9 Å². The minimum absolute atomic E-state index is 0.0571. The van der Waals surface area contributed by atoms with Gasteiger partial charge in [0, 0.05) is 27.2 Å². The molecular weight excluding hydrogens is 370 g/mol. The van der Waals surface area contributed by atoms with Crippen LogP contribution in [0.4, 0.5) is 0 Å². The third-order valence-electron chi connectivity index (χ3n) is 4.10. The number of nitrogens with two attached hydrogens (primary N) is 1. The molecule has 2 rings (SSSR count). The van der Waals surface area contributed by atoms with E-state index in [1.807, 2.05) is 0 Å². The molecule has 1 aromatic rings. The first-order chi connectivity index (χ1) is 12.8. The van der Waals surface area contributed by atoms with Crippen LogP contribution in [-0.4, -0.2) is 65.1 Å². The number of nitrogens with zero attached hydrogens (tertiary/aromatic N) is 2. The second-order valence-electron chi connectivity index (χ2n) is 6.51. The van der Waals surface area contributed by atoms with E-state index in [9.17, 15) is 13.2 Å². The van der Waals surface area contributed by atoms with Gasteiger partial charge < -0.3 is 20.3 Å². The minimum atomic E-state index is -3.71. The molecular formula is C17H27N5O4S. The third-order valence-corrected chi connectivity index (χ3v) is 5.03. The van der Waals surface area contributed by atoms with E-state index in [-0.39, 0.29) is 23.5 Å². The largest absolute Gasteiger partial charge is 0.376 e. The predicted octanol–water partition coefficient (Wildman–Crippen LogP) is -0.364. The number of guanidine groups is 1. The number of ether oxygens (including phenoxy) is 1. The van der Waals surface area contributed by atoms with Crippen molar-refractivity contribution in [3.8, 4) is 0 Å². The van der Waals surface area contributed by atoms with Gasteiger partial charge in [-0.1, -0.05) is 12.1 Å². The van der Waals surface area contributed by atoms with Crippen LogP contribution in [0.1, 0.15) is 18.4 Å². The summed E-state index contributed by atoms with van der Waals surface area (Å²) >= 11 is 0. The smallest absolute Gasteiger partial charge is 0.241 e. The van der Waals surface area contributed by atoms with Gasteiger partial charge in [0.05, 0.1) is 24.1 Å². The van der Waals surface area contributed by atoms with E-state index < -0.39 is 10.0 Å². The molecule has 0 aromatic heterocycles. The fourth-order valence-electron chi connectivity index (χ4n) is 2.46. The minimum Gasteiger partial charge on any atom is -0.376 e. The first-order valence-corrected chi connectivity index (χ1v) is 10.3. The number of hydrogen-bond donors (Lipinski definition) is 3. The Morgan fingerprint density at radius 3 is 2.56 bits per heavy atom. The Hall–Kier alpha value is -2.17. The molecule has 10 heteroatoms. The van der Waals surface area contributed by atoms with Crippen molar-refractivity contribution in [1.29, 1.82) is 0 Å². The highest BCUT2D eigenvalue weighted by atomic mass is 32.2. The number of amides is 1. The van der Waals surface area contributed by atoms with Gasteiger partial charge in [0.15, 0.2) is 5.96 Å². The summed E-state index contributed by atoms with van der Waals surface area (Å²) in [6.45, 7) is 1.81. The molecule has 1 heterocycles. The highest BCUT2D eigenvalue weighted by Gasteiger charge is 2.16. The molecule has 1 saturated heterocycles. The first-order valence-electron chi connectivity index (χ1n) is 8.71. The van der Waals surface area contributed by atoms with Gasteiger partial charge in [0.2, 0.25) is 15.9 Å². The summed E-state index contributed by atoms with van der Waals surface area (Å²) in [6.07, 6.45) is 2.17. The van der Waals surface area contributed by atoms with Crippen LogP contribution < -0.4 is 15.8 Å². The van der Waals surface area contributed by atoms with E-state index in [1.54, 1.807) is 26.2 Å². The quantitative estimate of drug-likeness (QED) is 0.426. The topological polar surface area (TPSA) is 126 Å². The highest BCUT2D eigenvalue weighted by molar-refractivity contribution is 7.89. The molecule has 0 saturated carbocycles. The van der Waals surface area contributed by atoms with Crippen LogP contribution >= 0.6 is 0 Å². The van der Waals surface area contributed by atoms with Crippen molar-refractivity contribution in [3.63, 3.8) is 0 Å². The predicted molar refractivity (Wildman–Crippen MR) is 103 cm³/mol. The fraction of sp³-hybridized carbons (Fsp3) is 0.529. The van der Waals surface area contributed by atoms with Crippen LogP contribution in [0.25, 0.3) is 0 Å². The van der Waals surface area contributed by atoms with Gasteiger partial charge in [0.1, 0.15) is 0 Å². The maximum atomic E-state index is 11.8. The number of likely N-dealkylation sites (N-methyl/N-ethyl adjacent to an activating group) is 1. The summed E-state index contributed by atoms with van der Waals surface area (Å²) in [5.74, 6) is 0.426. The number of carbonyl (C=O) groups excluding carboxylic acids is 1. The van der Waals surface area contributed by atoms with Crippen LogP contribution in [0.15, 0.2) is 34.2 Å². The Labute approximate surface area is 160 Å². The monoisotopic (exact) mass is 397 g/mol. The zero-order valence-corrected chi connectivity index (χ0v) is 16.5. The molecule has 1 aliphatic heterocycles. The highest BCUT2D eigenvalue weighted by Crippen LogP contribution is 2.11. The van der Waals surface area contributed by atoms with Crippen molar-refractivity contribution in [2.75, 3.05) is 33.8 Å². The molecule has 1 aromatic carbocycles. The number of nitrogens with one attached hydrogen (secondary N) is 2. The number of carbonyl (C=O) groups is 1. The van der Waals surface area contributed by atoms with Crippen molar-refractivity contribution in [2.45, 2.75) is 30.4 Å². The summed E-state index contributed by atoms with van der Waals surface area (Å²) in [5.41, 5.74) is 0.819. The van der Waals surface area contributed by atoms with Crippen molar-refractivity contribution >= 4 is 21.9 Å². The number of benzene rings is 1. The van der Waals surface area contributed by atoms with Gasteiger partial charge in [0.25, 0.3) is 0 Å². The fourth-order valence-corrected chi connectivity index (χ4v) is 2.98. The number of primary sulfonamides is 1. The van der Waals surface area contributed by atoms with E-state index in [4.69, 9.17) is 9.88 Å². The molecule has 9 nitrogen and oxygen atoms in total. The maximum Gasteiger partial charge on any atom is 0.241 e. The lowest BCUT2D eigenvalue weighted by molar-refractivity contribution is -0.127. The molecule has 150 valence electrons. The van der Waals surface area contributed by atoms with Crippen molar-refractivity contribution in [1.82, 2.24) is 15.5 Å². The molecule has 1 unspecified atom stereocenters. The van der Waals surface area contributed by atoms with Gasteiger partial charge in [-0.3, -0.25) is 4.79 Å². The van der Waals surface area contributed by atoms with Crippen molar-refractivity contribution in [3.05, 3.63) is 29.8 Å². The first kappa shape index (κ1) is 21.1. The van der Waals surface area contributed by atoms with Crippen LogP contribution in [0, 0.1) is 0 Å². The molecule has 1 atom stereocenters. The summed E-state index contributed by atoms with van der Waals surface area (Å²) in [7, 11) is -0.335. The lowest BCUT2D eigenvalue weighted by atomic mass is 10.2. The standard InChI is InChI=1S/C17H27N5O4S/c1-22(2)16(23)12-21-17(20-11-14-4-3-9-26-14)19-10-13-5-7-15(8-6-13)27(18,24)25/h5-8,14H,3-4,9-12H2,1-2H3,(H2,18,24,25)(H2,19,20,21). The number of hydrogen-bond acceptors (Lipinski definition) is 5. The molecule has 0 bridgehead atoms. The van der Waals surface area contributed by atoms with Crippen LogP contribution in [0.3, 0.4) is 0 Å². The second kappa shape index (κ2) is 9.67.